The second-order valence-corrected chi connectivity index (χ2v) is 11.7. The summed E-state index contributed by atoms with van der Waals surface area (Å²) in [5.41, 5.74) is 0. The van der Waals surface area contributed by atoms with E-state index in [9.17, 15) is 70.4 Å². The van der Waals surface area contributed by atoms with Crippen molar-refractivity contribution >= 4 is 40.0 Å². The second-order valence-electron chi connectivity index (χ2n) is 10.3. The summed E-state index contributed by atoms with van der Waals surface area (Å²) in [6.45, 7) is -1.77. The van der Waals surface area contributed by atoms with Crippen LogP contribution in [0.25, 0.3) is 0 Å². The number of rotatable bonds is 13. The van der Waals surface area contributed by atoms with Crippen LogP contribution in [0, 0.1) is 63.2 Å². The van der Waals surface area contributed by atoms with Crippen molar-refractivity contribution in [1.29, 1.82) is 0 Å². The first kappa shape index (κ1) is 43.4. The first-order valence-corrected chi connectivity index (χ1v) is 15.1. The van der Waals surface area contributed by atoms with Gasteiger partial charge >= 0.3 is 40.0 Å². The monoisotopic (exact) mass is 862 g/mol. The number of nitrogens with zero attached hydrogens (tertiary/aromatic N) is 4. The van der Waals surface area contributed by atoms with Crippen LogP contribution in [0.2, 0.25) is 0 Å². The number of hydrogen-bond acceptors (Lipinski definition) is 12. The largest absolute Gasteiger partial charge is 0.480 e. The van der Waals surface area contributed by atoms with Gasteiger partial charge in [0.1, 0.15) is 6.04 Å². The molecule has 0 aromatic heterocycles. The van der Waals surface area contributed by atoms with Gasteiger partial charge in [0.25, 0.3) is 0 Å². The SMILES string of the molecule is O=C(O)CN1CCN(CC(=O)O)CCN([C@H](CCC(=O)Oc2c(F)c(F)c(S(=O)(=O)O)c(F)c2F)C(=O)O)CCN(CC(=O)O)CC1.[Gd]. The molecular formula is C25H32F4GdN4O13S. The van der Waals surface area contributed by atoms with E-state index in [1.165, 1.54) is 19.6 Å². The molecule has 1 aliphatic rings. The van der Waals surface area contributed by atoms with E-state index in [1.54, 1.807) is 0 Å². The predicted molar refractivity (Wildman–Crippen MR) is 146 cm³/mol. The first-order chi connectivity index (χ1) is 21.8. The van der Waals surface area contributed by atoms with Crippen LogP contribution in [0.15, 0.2) is 4.90 Å². The van der Waals surface area contributed by atoms with E-state index in [0.29, 0.717) is 0 Å². The van der Waals surface area contributed by atoms with Gasteiger partial charge in [-0.1, -0.05) is 0 Å². The Balaban J connectivity index is 0.0000115. The van der Waals surface area contributed by atoms with Gasteiger partial charge in [-0.2, -0.15) is 17.2 Å². The van der Waals surface area contributed by atoms with Crippen LogP contribution in [0.3, 0.4) is 0 Å². The number of hydrogen-bond donors (Lipinski definition) is 5. The topological polar surface area (TPSA) is 243 Å². The maximum absolute atomic E-state index is 14.3. The van der Waals surface area contributed by atoms with E-state index in [0.717, 1.165) is 0 Å². The number of carboxylic acid groups (broad SMARTS) is 4. The molecule has 0 aliphatic carbocycles. The van der Waals surface area contributed by atoms with Gasteiger partial charge in [-0.3, -0.25) is 48.1 Å². The number of carbonyl (C=O) groups excluding carboxylic acids is 1. The van der Waals surface area contributed by atoms with E-state index < -0.39 is 112 Å². The smallest absolute Gasteiger partial charge is 0.320 e. The van der Waals surface area contributed by atoms with Crippen molar-refractivity contribution < 1.29 is 120 Å². The molecule has 0 bridgehead atoms. The van der Waals surface area contributed by atoms with E-state index in [1.807, 2.05) is 0 Å². The van der Waals surface area contributed by atoms with Gasteiger partial charge in [-0.05, 0) is 6.42 Å². The molecule has 23 heteroatoms. The number of esters is 1. The fraction of sp³-hybridized carbons (Fsp3) is 0.560. The van der Waals surface area contributed by atoms with Crippen molar-refractivity contribution in [1.82, 2.24) is 19.6 Å². The zero-order valence-electron chi connectivity index (χ0n) is 24.8. The van der Waals surface area contributed by atoms with Crippen molar-refractivity contribution in [3.8, 4) is 5.75 Å². The molecule has 1 aliphatic heterocycles. The summed E-state index contributed by atoms with van der Waals surface area (Å²) in [6, 6.07) is -1.57. The molecule has 1 fully saturated rings. The molecule has 0 saturated carbocycles. The molecule has 17 nitrogen and oxygen atoms in total. The van der Waals surface area contributed by atoms with Crippen LogP contribution in [0.5, 0.6) is 5.75 Å². The number of aliphatic carboxylic acids is 4. The Bertz CT molecular complexity index is 1410. The fourth-order valence-corrected chi connectivity index (χ4v) is 5.33. The minimum atomic E-state index is -5.78. The maximum atomic E-state index is 14.3. The molecule has 0 spiro atoms. The minimum absolute atomic E-state index is 0. The van der Waals surface area contributed by atoms with Gasteiger partial charge in [0.2, 0.25) is 17.4 Å². The van der Waals surface area contributed by atoms with Crippen LogP contribution in [0.1, 0.15) is 12.8 Å². The Hall–Kier alpha value is -2.64. The van der Waals surface area contributed by atoms with Crippen LogP contribution in [-0.2, 0) is 34.1 Å². The van der Waals surface area contributed by atoms with Gasteiger partial charge in [-0.25, -0.2) is 8.78 Å². The molecule has 5 N–H and O–H groups in total. The Kier molecular flexibility index (Phi) is 17.6. The molecule has 1 atom stereocenters. The molecule has 1 heterocycles. The Labute approximate surface area is 302 Å². The van der Waals surface area contributed by atoms with Crippen molar-refractivity contribution in [2.45, 2.75) is 23.8 Å². The van der Waals surface area contributed by atoms with E-state index in [4.69, 9.17) is 4.55 Å². The number of benzene rings is 1. The van der Waals surface area contributed by atoms with Crippen LogP contribution in [-0.4, -0.2) is 161 Å². The quantitative estimate of drug-likeness (QED) is 0.0531. The van der Waals surface area contributed by atoms with Gasteiger partial charge in [0, 0.05) is 98.7 Å². The Morgan fingerprint density at radius 3 is 1.33 bits per heavy atom. The molecule has 48 heavy (non-hydrogen) atoms. The number of carbonyl (C=O) groups is 5. The second kappa shape index (κ2) is 19.5. The first-order valence-electron chi connectivity index (χ1n) is 13.6. The zero-order valence-corrected chi connectivity index (χ0v) is 27.9. The van der Waals surface area contributed by atoms with Crippen molar-refractivity contribution in [3.63, 3.8) is 0 Å². The van der Waals surface area contributed by atoms with Crippen LogP contribution in [0.4, 0.5) is 17.6 Å². The summed E-state index contributed by atoms with van der Waals surface area (Å²) in [5.74, 6) is -18.9. The minimum Gasteiger partial charge on any atom is -0.480 e. The third-order valence-corrected chi connectivity index (χ3v) is 7.83. The van der Waals surface area contributed by atoms with Gasteiger partial charge < -0.3 is 25.2 Å². The van der Waals surface area contributed by atoms with E-state index in [2.05, 4.69) is 4.74 Å². The van der Waals surface area contributed by atoms with Gasteiger partial charge in [-0.15, -0.1) is 0 Å². The molecule has 1 saturated heterocycles. The summed E-state index contributed by atoms with van der Waals surface area (Å²) >= 11 is 0. The summed E-state index contributed by atoms with van der Waals surface area (Å²) in [5, 5.41) is 37.8. The van der Waals surface area contributed by atoms with Gasteiger partial charge in [0.15, 0.2) is 16.5 Å². The van der Waals surface area contributed by atoms with Crippen LogP contribution < -0.4 is 4.74 Å². The van der Waals surface area contributed by atoms with Crippen molar-refractivity contribution in [2.75, 3.05) is 72.0 Å². The van der Waals surface area contributed by atoms with E-state index >= 15 is 0 Å². The van der Waals surface area contributed by atoms with Crippen molar-refractivity contribution in [2.24, 2.45) is 0 Å². The summed E-state index contributed by atoms with van der Waals surface area (Å²) in [7, 11) is -5.78. The summed E-state index contributed by atoms with van der Waals surface area (Å²) < 4.78 is 92.2. The standard InChI is InChI=1S/C25H32F4N4O13S.Gd/c26-19-21(28)24(47(43,44)45)22(29)20(27)23(19)46-18(40)2-1-14(25(41)42)33-9-7-31(12-16(36)37)5-3-30(11-15(34)35)4-6-32(8-10-33)13-17(38)39;/h14H,1-13H2,(H,34,35)(H,36,37)(H,38,39)(H,41,42)(H,43,44,45);/t14-;/m1./s1. The molecule has 272 valence electrons. The van der Waals surface area contributed by atoms with Gasteiger partial charge in [0.05, 0.1) is 19.6 Å². The Morgan fingerprint density at radius 1 is 0.667 bits per heavy atom. The summed E-state index contributed by atoms with van der Waals surface area (Å²) in [6.07, 6.45) is -1.58. The normalized spacial score (nSPS) is 16.9. The third kappa shape index (κ3) is 13.3. The Morgan fingerprint density at radius 2 is 1.02 bits per heavy atom. The number of carboxylic acids is 4. The van der Waals surface area contributed by atoms with Crippen molar-refractivity contribution in [3.05, 3.63) is 23.3 Å². The van der Waals surface area contributed by atoms with Crippen LogP contribution >= 0.6 is 0 Å². The molecule has 0 unspecified atom stereocenters. The maximum Gasteiger partial charge on any atom is 0.320 e. The van der Waals surface area contributed by atoms with E-state index in [-0.39, 0.29) is 92.3 Å². The fourth-order valence-electron chi connectivity index (χ4n) is 4.70. The average Bonchev–Trinajstić information content (AvgIpc) is 2.93. The average molecular weight is 862 g/mol. The molecule has 0 amide bonds. The predicted octanol–water partition coefficient (Wildman–Crippen LogP) is -0.896. The third-order valence-electron chi connectivity index (χ3n) is 6.95. The number of ether oxygens (including phenoxy) is 1. The number of halogens is 4. The zero-order chi connectivity index (χ0) is 35.6. The molecule has 0 radical (unpaired) electrons. The summed E-state index contributed by atoms with van der Waals surface area (Å²) in [4.78, 5) is 62.1. The molecule has 1 aromatic rings. The molecule has 1 aromatic carbocycles. The molecular weight excluding hydrogens is 830 g/mol. The molecule has 2 rings (SSSR count).